The zero-order valence-corrected chi connectivity index (χ0v) is 16.4. The molecular formula is C19H23ClN2O3S. The Kier molecular flexibility index (Phi) is 7.06. The van der Waals surface area contributed by atoms with Crippen LogP contribution in [0.3, 0.4) is 0 Å². The number of hydrogen-bond donors (Lipinski definition) is 1. The molecule has 140 valence electrons. The van der Waals surface area contributed by atoms with Gasteiger partial charge in [0.1, 0.15) is 6.04 Å². The van der Waals surface area contributed by atoms with Crippen LogP contribution in [0.2, 0.25) is 5.02 Å². The summed E-state index contributed by atoms with van der Waals surface area (Å²) >= 11 is 6.12. The first-order chi connectivity index (χ1) is 12.3. The number of hydrogen-bond acceptors (Lipinski definition) is 3. The highest BCUT2D eigenvalue weighted by Crippen LogP contribution is 2.20. The predicted molar refractivity (Wildman–Crippen MR) is 106 cm³/mol. The summed E-state index contributed by atoms with van der Waals surface area (Å²) in [5, 5.41) is 3.51. The number of carbonyl (C=O) groups excluding carboxylic acids is 1. The summed E-state index contributed by atoms with van der Waals surface area (Å²) in [7, 11) is -3.59. The monoisotopic (exact) mass is 394 g/mol. The average molecular weight is 395 g/mol. The van der Waals surface area contributed by atoms with E-state index >= 15 is 0 Å². The second kappa shape index (κ2) is 9.05. The molecule has 0 saturated heterocycles. The third kappa shape index (κ3) is 5.47. The molecule has 1 N–H and O–H groups in total. The highest BCUT2D eigenvalue weighted by atomic mass is 35.5. The number of carbonyl (C=O) groups is 1. The van der Waals surface area contributed by atoms with E-state index < -0.39 is 16.1 Å². The molecule has 0 radical (unpaired) electrons. The summed E-state index contributed by atoms with van der Waals surface area (Å²) in [6.45, 7) is 2.03. The first-order valence-corrected chi connectivity index (χ1v) is 10.6. The first kappa shape index (κ1) is 20.3. The van der Waals surface area contributed by atoms with Crippen LogP contribution in [0.5, 0.6) is 0 Å². The minimum absolute atomic E-state index is 0.335. The van der Waals surface area contributed by atoms with Gasteiger partial charge in [-0.2, -0.15) is 0 Å². The molecule has 0 aromatic heterocycles. The molecule has 2 aromatic carbocycles. The van der Waals surface area contributed by atoms with Crippen molar-refractivity contribution in [3.05, 3.63) is 65.2 Å². The maximum Gasteiger partial charge on any atom is 0.243 e. The van der Waals surface area contributed by atoms with Gasteiger partial charge in [-0.3, -0.25) is 9.10 Å². The third-order valence-corrected chi connectivity index (χ3v) is 5.59. The largest absolute Gasteiger partial charge is 0.354 e. The molecule has 0 bridgehead atoms. The SMILES string of the molecule is C[C@H](C(=O)NCCCc1ccccc1Cl)N(c1ccccc1)S(C)(=O)=O. The molecule has 2 rings (SSSR count). The molecule has 0 aliphatic carbocycles. The zero-order valence-electron chi connectivity index (χ0n) is 14.9. The topological polar surface area (TPSA) is 66.5 Å². The summed E-state index contributed by atoms with van der Waals surface area (Å²) in [6, 6.07) is 15.4. The van der Waals surface area contributed by atoms with Crippen molar-refractivity contribution in [1.29, 1.82) is 0 Å². The normalized spacial score (nSPS) is 12.4. The van der Waals surface area contributed by atoms with Crippen molar-refractivity contribution in [1.82, 2.24) is 5.32 Å². The molecule has 0 spiro atoms. The van der Waals surface area contributed by atoms with Crippen LogP contribution in [0.4, 0.5) is 5.69 Å². The van der Waals surface area contributed by atoms with E-state index in [1.807, 2.05) is 24.3 Å². The van der Waals surface area contributed by atoms with E-state index in [0.29, 0.717) is 23.7 Å². The lowest BCUT2D eigenvalue weighted by Gasteiger charge is -2.28. The molecule has 0 unspecified atom stereocenters. The van der Waals surface area contributed by atoms with E-state index in [-0.39, 0.29) is 5.91 Å². The number of nitrogens with one attached hydrogen (secondary N) is 1. The van der Waals surface area contributed by atoms with Crippen molar-refractivity contribution in [2.45, 2.75) is 25.8 Å². The Morgan fingerprint density at radius 3 is 2.35 bits per heavy atom. The number of benzene rings is 2. The molecule has 7 heteroatoms. The fraction of sp³-hybridized carbons (Fsp3) is 0.316. The molecule has 0 heterocycles. The number of aryl methyl sites for hydroxylation is 1. The van der Waals surface area contributed by atoms with E-state index in [1.54, 1.807) is 37.3 Å². The third-order valence-electron chi connectivity index (χ3n) is 3.98. The van der Waals surface area contributed by atoms with Gasteiger partial charge < -0.3 is 5.32 Å². The molecule has 1 amide bonds. The maximum absolute atomic E-state index is 12.4. The quantitative estimate of drug-likeness (QED) is 0.699. The minimum atomic E-state index is -3.59. The molecule has 0 saturated carbocycles. The number of rotatable bonds is 8. The summed E-state index contributed by atoms with van der Waals surface area (Å²) in [6.07, 6.45) is 2.55. The van der Waals surface area contributed by atoms with E-state index in [9.17, 15) is 13.2 Å². The maximum atomic E-state index is 12.4. The standard InChI is InChI=1S/C19H23ClN2O3S/c1-15(22(26(2,24)25)17-11-4-3-5-12-17)19(23)21-14-8-10-16-9-6-7-13-18(16)20/h3-7,9,11-13,15H,8,10,14H2,1-2H3,(H,21,23)/t15-/m1/s1. The van der Waals surface area contributed by atoms with Gasteiger partial charge in [-0.1, -0.05) is 48.0 Å². The molecule has 0 aliphatic rings. The van der Waals surface area contributed by atoms with E-state index in [1.165, 1.54) is 0 Å². The van der Waals surface area contributed by atoms with Gasteiger partial charge in [0.2, 0.25) is 15.9 Å². The fourth-order valence-corrected chi connectivity index (χ4v) is 4.13. The van der Waals surface area contributed by atoms with Crippen LogP contribution in [0.1, 0.15) is 18.9 Å². The van der Waals surface area contributed by atoms with Gasteiger partial charge >= 0.3 is 0 Å². The number of anilines is 1. The lowest BCUT2D eigenvalue weighted by molar-refractivity contribution is -0.121. The predicted octanol–water partition coefficient (Wildman–Crippen LogP) is 3.24. The molecule has 5 nitrogen and oxygen atoms in total. The summed E-state index contributed by atoms with van der Waals surface area (Å²) in [5.41, 5.74) is 1.49. The van der Waals surface area contributed by atoms with Crippen molar-refractivity contribution in [2.75, 3.05) is 17.1 Å². The van der Waals surface area contributed by atoms with Crippen LogP contribution in [0.15, 0.2) is 54.6 Å². The average Bonchev–Trinajstić information content (AvgIpc) is 2.59. The fourth-order valence-electron chi connectivity index (χ4n) is 2.72. The van der Waals surface area contributed by atoms with Gasteiger partial charge in [-0.25, -0.2) is 8.42 Å². The lowest BCUT2D eigenvalue weighted by Crippen LogP contribution is -2.48. The molecule has 0 aliphatic heterocycles. The van der Waals surface area contributed by atoms with Crippen molar-refractivity contribution < 1.29 is 13.2 Å². The highest BCUT2D eigenvalue weighted by molar-refractivity contribution is 7.92. The van der Waals surface area contributed by atoms with Crippen molar-refractivity contribution in [2.24, 2.45) is 0 Å². The van der Waals surface area contributed by atoms with E-state index in [0.717, 1.165) is 22.5 Å². The van der Waals surface area contributed by atoms with E-state index in [2.05, 4.69) is 5.32 Å². The first-order valence-electron chi connectivity index (χ1n) is 8.36. The van der Waals surface area contributed by atoms with Crippen LogP contribution >= 0.6 is 11.6 Å². The number of amides is 1. The van der Waals surface area contributed by atoms with Crippen LogP contribution in [0.25, 0.3) is 0 Å². The molecule has 2 aromatic rings. The number of halogens is 1. The van der Waals surface area contributed by atoms with Crippen molar-refractivity contribution in [3.8, 4) is 0 Å². The summed E-state index contributed by atoms with van der Waals surface area (Å²) < 4.78 is 25.5. The Morgan fingerprint density at radius 1 is 1.12 bits per heavy atom. The summed E-state index contributed by atoms with van der Waals surface area (Å²) in [5.74, 6) is -0.335. The number of nitrogens with zero attached hydrogens (tertiary/aromatic N) is 1. The lowest BCUT2D eigenvalue weighted by atomic mass is 10.1. The van der Waals surface area contributed by atoms with Crippen molar-refractivity contribution >= 4 is 33.2 Å². The Morgan fingerprint density at radius 2 is 1.73 bits per heavy atom. The second-order valence-electron chi connectivity index (χ2n) is 6.06. The Balaban J connectivity index is 1.96. The van der Waals surface area contributed by atoms with Crippen LogP contribution < -0.4 is 9.62 Å². The molecular weight excluding hydrogens is 372 g/mol. The molecule has 0 fully saturated rings. The van der Waals surface area contributed by atoms with Gasteiger partial charge in [0.05, 0.1) is 11.9 Å². The number of para-hydroxylation sites is 1. The Labute approximate surface area is 160 Å². The van der Waals surface area contributed by atoms with Gasteiger partial charge in [0.25, 0.3) is 0 Å². The van der Waals surface area contributed by atoms with E-state index in [4.69, 9.17) is 11.6 Å². The summed E-state index contributed by atoms with van der Waals surface area (Å²) in [4.78, 5) is 12.4. The van der Waals surface area contributed by atoms with Crippen molar-refractivity contribution in [3.63, 3.8) is 0 Å². The molecule has 1 atom stereocenters. The van der Waals surface area contributed by atoms with Gasteiger partial charge in [0.15, 0.2) is 0 Å². The highest BCUT2D eigenvalue weighted by Gasteiger charge is 2.28. The molecule has 26 heavy (non-hydrogen) atoms. The van der Waals surface area contributed by atoms with Gasteiger partial charge in [-0.15, -0.1) is 0 Å². The smallest absolute Gasteiger partial charge is 0.243 e. The Bertz CT molecular complexity index is 841. The second-order valence-corrected chi connectivity index (χ2v) is 8.32. The minimum Gasteiger partial charge on any atom is -0.354 e. The number of sulfonamides is 1. The zero-order chi connectivity index (χ0) is 19.2. The van der Waals surface area contributed by atoms with Gasteiger partial charge in [0, 0.05) is 11.6 Å². The van der Waals surface area contributed by atoms with Crippen LogP contribution in [-0.2, 0) is 21.2 Å². The van der Waals surface area contributed by atoms with Crippen LogP contribution in [0, 0.1) is 0 Å². The Hall–Kier alpha value is -2.05. The van der Waals surface area contributed by atoms with Gasteiger partial charge in [-0.05, 0) is 43.5 Å². The van der Waals surface area contributed by atoms with Crippen LogP contribution in [-0.4, -0.2) is 33.2 Å².